The highest BCUT2D eigenvalue weighted by Gasteiger charge is 2.26. The molecule has 0 atom stereocenters. The number of nitriles is 1. The highest BCUT2D eigenvalue weighted by atomic mass is 15.0. The van der Waals surface area contributed by atoms with Gasteiger partial charge in [0.15, 0.2) is 0 Å². The van der Waals surface area contributed by atoms with Gasteiger partial charge in [-0.2, -0.15) is 5.26 Å². The lowest BCUT2D eigenvalue weighted by atomic mass is 10.0. The average molecular weight is 349 g/mol. The fourth-order valence-electron chi connectivity index (χ4n) is 3.21. The monoisotopic (exact) mass is 349 g/mol. The molecule has 0 radical (unpaired) electrons. The van der Waals surface area contributed by atoms with Crippen molar-refractivity contribution in [2.45, 2.75) is 13.8 Å². The Hall–Kier alpha value is -3.64. The summed E-state index contributed by atoms with van der Waals surface area (Å²) in [6.07, 6.45) is 0. The molecule has 0 saturated carbocycles. The van der Waals surface area contributed by atoms with Crippen LogP contribution >= 0.6 is 0 Å². The van der Waals surface area contributed by atoms with Crippen molar-refractivity contribution in [3.8, 4) is 6.07 Å². The molecule has 3 nitrogen and oxygen atoms in total. The van der Waals surface area contributed by atoms with Gasteiger partial charge in [0.2, 0.25) is 0 Å². The number of aryl methyl sites for hydroxylation is 2. The van der Waals surface area contributed by atoms with E-state index in [1.54, 1.807) is 0 Å². The summed E-state index contributed by atoms with van der Waals surface area (Å²) in [6.45, 7) is 4.12. The van der Waals surface area contributed by atoms with Crippen molar-refractivity contribution >= 4 is 22.7 Å². The van der Waals surface area contributed by atoms with E-state index in [-0.39, 0.29) is 0 Å². The number of nitrogens with one attached hydrogen (secondary N) is 1. The second-order valence-corrected chi connectivity index (χ2v) is 6.70. The van der Waals surface area contributed by atoms with Gasteiger partial charge in [-0.15, -0.1) is 0 Å². The van der Waals surface area contributed by atoms with E-state index >= 15 is 0 Å². The molecule has 1 heterocycles. The van der Waals surface area contributed by atoms with Crippen LogP contribution < -0.4 is 5.32 Å². The number of hydrogen-bond donors (Lipinski definition) is 1. The van der Waals surface area contributed by atoms with Crippen molar-refractivity contribution in [3.05, 3.63) is 101 Å². The molecule has 1 aliphatic rings. The Morgan fingerprint density at radius 1 is 0.889 bits per heavy atom. The summed E-state index contributed by atoms with van der Waals surface area (Å²) in [7, 11) is 0. The van der Waals surface area contributed by atoms with Gasteiger partial charge in [-0.3, -0.25) is 0 Å². The summed E-state index contributed by atoms with van der Waals surface area (Å²) in [5, 5.41) is 13.3. The van der Waals surface area contributed by atoms with E-state index in [9.17, 15) is 5.26 Å². The number of rotatable bonds is 2. The van der Waals surface area contributed by atoms with Crippen LogP contribution in [0, 0.1) is 25.2 Å². The first-order valence-corrected chi connectivity index (χ1v) is 8.89. The Labute approximate surface area is 159 Å². The Kier molecular flexibility index (Phi) is 4.32. The summed E-state index contributed by atoms with van der Waals surface area (Å²) < 4.78 is 0. The molecule has 27 heavy (non-hydrogen) atoms. The third-order valence-electron chi connectivity index (χ3n) is 4.63. The van der Waals surface area contributed by atoms with Crippen LogP contribution in [0.25, 0.3) is 5.57 Å². The molecule has 1 N–H and O–H groups in total. The summed E-state index contributed by atoms with van der Waals surface area (Å²) >= 11 is 0. The van der Waals surface area contributed by atoms with E-state index in [1.165, 1.54) is 5.56 Å². The number of fused-ring (bicyclic) bond motifs is 1. The number of benzene rings is 3. The topological polar surface area (TPSA) is 48.2 Å². The van der Waals surface area contributed by atoms with E-state index < -0.39 is 0 Å². The third kappa shape index (κ3) is 3.26. The largest absolute Gasteiger partial charge is 0.352 e. The molecule has 0 saturated heterocycles. The lowest BCUT2D eigenvalue weighted by molar-refractivity contribution is 1.42. The number of nitrogens with zero attached hydrogens (tertiary/aromatic N) is 2. The van der Waals surface area contributed by atoms with Crippen LogP contribution in [0.3, 0.4) is 0 Å². The number of anilines is 1. The highest BCUT2D eigenvalue weighted by molar-refractivity contribution is 6.26. The summed E-state index contributed by atoms with van der Waals surface area (Å²) in [5.41, 5.74) is 8.25. The van der Waals surface area contributed by atoms with Crippen LogP contribution in [-0.4, -0.2) is 5.71 Å². The maximum absolute atomic E-state index is 9.89. The lowest BCUT2D eigenvalue weighted by Crippen LogP contribution is -2.05. The van der Waals surface area contributed by atoms with Gasteiger partial charge in [-0.1, -0.05) is 59.7 Å². The zero-order valence-corrected chi connectivity index (χ0v) is 15.3. The quantitative estimate of drug-likeness (QED) is 0.596. The minimum Gasteiger partial charge on any atom is -0.352 e. The van der Waals surface area contributed by atoms with Gasteiger partial charge in [-0.25, -0.2) is 4.99 Å². The van der Waals surface area contributed by atoms with Crippen molar-refractivity contribution in [1.29, 1.82) is 5.26 Å². The first-order valence-electron chi connectivity index (χ1n) is 8.89. The average Bonchev–Trinajstić information content (AvgIpc) is 3.02. The molecule has 3 aromatic rings. The maximum Gasteiger partial charge on any atom is 0.102 e. The van der Waals surface area contributed by atoms with Crippen LogP contribution in [0.15, 0.2) is 83.5 Å². The van der Waals surface area contributed by atoms with Crippen molar-refractivity contribution in [2.75, 3.05) is 5.32 Å². The molecule has 0 amide bonds. The molecule has 3 aromatic carbocycles. The van der Waals surface area contributed by atoms with E-state index in [1.807, 2.05) is 60.7 Å². The van der Waals surface area contributed by atoms with Crippen LogP contribution in [0.5, 0.6) is 0 Å². The molecule has 130 valence electrons. The predicted molar refractivity (Wildman–Crippen MR) is 111 cm³/mol. The maximum atomic E-state index is 9.89. The van der Waals surface area contributed by atoms with E-state index in [2.05, 4.69) is 37.4 Å². The number of hydrogen-bond acceptors (Lipinski definition) is 3. The van der Waals surface area contributed by atoms with E-state index in [0.717, 1.165) is 39.5 Å². The molecule has 0 unspecified atom stereocenters. The Morgan fingerprint density at radius 2 is 1.59 bits per heavy atom. The Bertz CT molecular complexity index is 1100. The lowest BCUT2D eigenvalue weighted by Gasteiger charge is -2.07. The van der Waals surface area contributed by atoms with Crippen molar-refractivity contribution in [3.63, 3.8) is 0 Å². The zero-order chi connectivity index (χ0) is 18.8. The highest BCUT2D eigenvalue weighted by Crippen LogP contribution is 2.35. The smallest absolute Gasteiger partial charge is 0.102 e. The number of aliphatic imine (C=N–C) groups is 1. The molecule has 4 rings (SSSR count). The van der Waals surface area contributed by atoms with E-state index in [0.29, 0.717) is 5.57 Å². The normalized spacial score (nSPS) is 15.8. The van der Waals surface area contributed by atoms with Crippen LogP contribution in [0.1, 0.15) is 22.3 Å². The Morgan fingerprint density at radius 3 is 2.30 bits per heavy atom. The van der Waals surface area contributed by atoms with Gasteiger partial charge >= 0.3 is 0 Å². The molecule has 0 aliphatic carbocycles. The third-order valence-corrected chi connectivity index (χ3v) is 4.63. The predicted octanol–water partition coefficient (Wildman–Crippen LogP) is 5.78. The molecule has 0 spiro atoms. The minimum absolute atomic E-state index is 0.593. The molecule has 0 bridgehead atoms. The molecule has 3 heteroatoms. The molecular weight excluding hydrogens is 330 g/mol. The summed E-state index contributed by atoms with van der Waals surface area (Å²) in [4.78, 5) is 4.90. The summed E-state index contributed by atoms with van der Waals surface area (Å²) in [5.74, 6) is 0. The second-order valence-electron chi connectivity index (χ2n) is 6.70. The minimum atomic E-state index is 0.593. The second kappa shape index (κ2) is 6.93. The van der Waals surface area contributed by atoms with Crippen molar-refractivity contribution < 1.29 is 0 Å². The van der Waals surface area contributed by atoms with Gasteiger partial charge in [0.1, 0.15) is 6.07 Å². The fraction of sp³-hybridized carbons (Fsp3) is 0.0833. The van der Waals surface area contributed by atoms with Crippen molar-refractivity contribution in [2.24, 2.45) is 4.99 Å². The zero-order valence-electron chi connectivity index (χ0n) is 15.3. The first-order chi connectivity index (χ1) is 13.2. The molecular formula is C24H19N3. The van der Waals surface area contributed by atoms with Crippen molar-refractivity contribution in [1.82, 2.24) is 0 Å². The molecule has 0 fully saturated rings. The Balaban J connectivity index is 1.95. The van der Waals surface area contributed by atoms with Gasteiger partial charge in [-0.05, 0) is 43.7 Å². The van der Waals surface area contributed by atoms with Gasteiger partial charge < -0.3 is 5.32 Å². The SMILES string of the molecule is Cc1ccc(N=C2/C(=C(\C#N)c3ccccc3)Nc3ccc(C)cc32)cc1. The van der Waals surface area contributed by atoms with Crippen LogP contribution in [-0.2, 0) is 0 Å². The molecule has 0 aromatic heterocycles. The van der Waals surface area contributed by atoms with Gasteiger partial charge in [0, 0.05) is 11.3 Å². The fourth-order valence-corrected chi connectivity index (χ4v) is 3.21. The number of allylic oxidation sites excluding steroid dienone is 2. The summed E-state index contributed by atoms with van der Waals surface area (Å²) in [6, 6.07) is 26.4. The van der Waals surface area contributed by atoms with Gasteiger partial charge in [0.25, 0.3) is 0 Å². The van der Waals surface area contributed by atoms with Gasteiger partial charge in [0.05, 0.1) is 22.7 Å². The first kappa shape index (κ1) is 16.8. The standard InChI is InChI=1S/C24H19N3/c1-16-8-11-19(12-9-16)26-23-20-14-17(2)10-13-22(20)27-24(23)21(15-25)18-6-4-3-5-7-18/h3-14,27H,1-2H3/b24-21-,26-23?. The molecule has 1 aliphatic heterocycles. The van der Waals surface area contributed by atoms with E-state index in [4.69, 9.17) is 4.99 Å². The van der Waals surface area contributed by atoms with Crippen LogP contribution in [0.2, 0.25) is 0 Å². The van der Waals surface area contributed by atoms with Crippen LogP contribution in [0.4, 0.5) is 11.4 Å².